The van der Waals surface area contributed by atoms with Crippen LogP contribution in [0.2, 0.25) is 0 Å². The first-order valence-corrected chi connectivity index (χ1v) is 20.1. The van der Waals surface area contributed by atoms with Crippen LogP contribution in [-0.4, -0.2) is 3.21 Å². The zero-order valence-electron chi connectivity index (χ0n) is 27.4. The summed E-state index contributed by atoms with van der Waals surface area (Å²) in [5.74, 6) is 2.37. The number of hydrogen-bond acceptors (Lipinski definition) is 0. The van der Waals surface area contributed by atoms with Gasteiger partial charge in [-0.3, -0.25) is 0 Å². The predicted octanol–water partition coefficient (Wildman–Crippen LogP) is 5.11. The largest absolute Gasteiger partial charge is 1.00 e. The summed E-state index contributed by atoms with van der Waals surface area (Å²) in [4.78, 5) is 0. The zero-order chi connectivity index (χ0) is 28.8. The summed E-state index contributed by atoms with van der Waals surface area (Å²) in [7, 11) is 0. The summed E-state index contributed by atoms with van der Waals surface area (Å²) in [5, 5.41) is 3.05. The van der Waals surface area contributed by atoms with Gasteiger partial charge in [-0.05, 0) is 0 Å². The van der Waals surface area contributed by atoms with Crippen LogP contribution in [0, 0.1) is 32.6 Å². The Labute approximate surface area is 280 Å². The van der Waals surface area contributed by atoms with Gasteiger partial charge >= 0.3 is 258 Å². The Morgan fingerprint density at radius 3 is 2.14 bits per heavy atom. The Morgan fingerprint density at radius 2 is 1.49 bits per heavy atom. The molecule has 0 aromatic heterocycles. The van der Waals surface area contributed by atoms with Gasteiger partial charge in [0, 0.05) is 0 Å². The summed E-state index contributed by atoms with van der Waals surface area (Å²) >= 11 is -2.31. The Balaban J connectivity index is 0.00000184. The van der Waals surface area contributed by atoms with Crippen molar-refractivity contribution >= 4 is 14.0 Å². The van der Waals surface area contributed by atoms with E-state index in [1.54, 1.807) is 27.6 Å². The first kappa shape index (κ1) is 33.1. The Morgan fingerprint density at radius 1 is 0.814 bits per heavy atom. The fraction of sp³-hybridized carbons (Fsp3) is 0.475. The van der Waals surface area contributed by atoms with E-state index >= 15 is 0 Å². The summed E-state index contributed by atoms with van der Waals surface area (Å²) < 4.78 is 4.18. The number of allylic oxidation sites excluding steroid dienone is 4. The number of hydrogen-bond donors (Lipinski definition) is 0. The first-order valence-electron chi connectivity index (χ1n) is 16.5. The third-order valence-electron chi connectivity index (χ3n) is 12.5. The maximum atomic E-state index is 2.81. The molecule has 7 rings (SSSR count). The van der Waals surface area contributed by atoms with Crippen molar-refractivity contribution in [1.82, 2.24) is 0 Å². The van der Waals surface area contributed by atoms with Crippen LogP contribution in [-0.2, 0) is 24.4 Å². The van der Waals surface area contributed by atoms with Crippen molar-refractivity contribution in [3.05, 3.63) is 90.8 Å². The van der Waals surface area contributed by atoms with Crippen molar-refractivity contribution in [3.63, 3.8) is 0 Å². The molecule has 3 aromatic carbocycles. The average molecular weight is 691 g/mol. The van der Waals surface area contributed by atoms with E-state index in [0.29, 0.717) is 23.7 Å². The van der Waals surface area contributed by atoms with Gasteiger partial charge in [0.25, 0.3) is 0 Å². The van der Waals surface area contributed by atoms with Crippen LogP contribution in [0.15, 0.2) is 51.8 Å². The molecule has 3 heteroatoms. The average Bonchev–Trinajstić information content (AvgIpc) is 3.60. The van der Waals surface area contributed by atoms with Crippen LogP contribution in [0.4, 0.5) is 0 Å². The molecule has 3 aromatic rings. The number of fused-ring (bicyclic) bond motifs is 8. The van der Waals surface area contributed by atoms with E-state index < -0.39 is 21.3 Å². The fourth-order valence-corrected chi connectivity index (χ4v) is 21.0. The van der Waals surface area contributed by atoms with Crippen molar-refractivity contribution in [3.8, 4) is 11.1 Å². The van der Waals surface area contributed by atoms with Gasteiger partial charge in [-0.25, -0.2) is 0 Å². The van der Waals surface area contributed by atoms with Crippen LogP contribution in [0.5, 0.6) is 0 Å². The molecule has 4 aliphatic carbocycles. The SMILES string of the molecule is Cc1cc2c(c(C)c1C)C(C)c1c3c(c4ccccc4c1-2)C(C)C(C)C(C)[C]3(C)[Zr+2]([C]1=CC=CC1)=[C]1CCCCC1.[Cl-].[Cl-]. The maximum Gasteiger partial charge on any atom is -1.00 e. The Kier molecular flexibility index (Phi) is 9.36. The van der Waals surface area contributed by atoms with Gasteiger partial charge in [-0.2, -0.15) is 0 Å². The monoisotopic (exact) mass is 688 g/mol. The van der Waals surface area contributed by atoms with Gasteiger partial charge < -0.3 is 24.8 Å². The molecule has 0 radical (unpaired) electrons. The molecular weight excluding hydrogens is 643 g/mol. The topological polar surface area (TPSA) is 0 Å². The van der Waals surface area contributed by atoms with Crippen LogP contribution >= 0.6 is 0 Å². The molecule has 0 spiro atoms. The second kappa shape index (κ2) is 12.2. The molecule has 1 saturated carbocycles. The number of aryl methyl sites for hydroxylation is 1. The molecular formula is C40H48Cl2Zr. The minimum atomic E-state index is -2.31. The molecule has 0 saturated heterocycles. The number of benzene rings is 3. The summed E-state index contributed by atoms with van der Waals surface area (Å²) in [6.45, 7) is 20.3. The van der Waals surface area contributed by atoms with Gasteiger partial charge in [0.2, 0.25) is 0 Å². The maximum absolute atomic E-state index is 2.81. The third-order valence-corrected chi connectivity index (χ3v) is 22.3. The van der Waals surface area contributed by atoms with Crippen molar-refractivity contribution < 1.29 is 46.1 Å². The summed E-state index contributed by atoms with van der Waals surface area (Å²) in [6, 6.07) is 12.1. The standard InChI is InChI=1S/C29H33.C6H10.C5H5.2ClH.Zr/c1-14-13-24-25(18(5)15(14)2)21(8)28-27-20(7)17(4)16(3)19(6)26(27)22-11-9-10-12-23(22)29(24)28;1-2-4-6-5-3-1;1-2-4-5-3-1;;;/h9-13,16-17,19,21H,1-8H3;1-5H2;1-3H,4H2;2*1H;/q;;;;;+2/p-2. The van der Waals surface area contributed by atoms with E-state index in [1.165, 1.54) is 66.2 Å². The molecule has 0 heterocycles. The molecule has 0 aliphatic heterocycles. The predicted molar refractivity (Wildman–Crippen MR) is 175 cm³/mol. The molecule has 0 amide bonds. The quantitative estimate of drug-likeness (QED) is 0.351. The zero-order valence-corrected chi connectivity index (χ0v) is 31.4. The van der Waals surface area contributed by atoms with E-state index in [-0.39, 0.29) is 27.9 Å². The van der Waals surface area contributed by atoms with Crippen LogP contribution < -0.4 is 24.8 Å². The Hall–Kier alpha value is -1.27. The molecule has 1 fully saturated rings. The summed E-state index contributed by atoms with van der Waals surface area (Å²) in [5.41, 5.74) is 14.4. The molecule has 4 aliphatic rings. The van der Waals surface area contributed by atoms with Gasteiger partial charge in [0.05, 0.1) is 0 Å². The van der Waals surface area contributed by atoms with Crippen LogP contribution in [0.1, 0.15) is 124 Å². The minimum absolute atomic E-state index is 0. The Bertz CT molecular complexity index is 1700. The van der Waals surface area contributed by atoms with E-state index in [4.69, 9.17) is 0 Å². The molecule has 226 valence electrons. The van der Waals surface area contributed by atoms with Gasteiger partial charge in [0.15, 0.2) is 0 Å². The van der Waals surface area contributed by atoms with Crippen molar-refractivity contribution in [2.24, 2.45) is 11.8 Å². The van der Waals surface area contributed by atoms with E-state index in [9.17, 15) is 0 Å². The van der Waals surface area contributed by atoms with Gasteiger partial charge in [-0.15, -0.1) is 0 Å². The van der Waals surface area contributed by atoms with Gasteiger partial charge in [-0.1, -0.05) is 0 Å². The summed E-state index contributed by atoms with van der Waals surface area (Å²) in [6.07, 6.45) is 15.7. The first-order chi connectivity index (χ1) is 19.7. The van der Waals surface area contributed by atoms with Crippen LogP contribution in [0.3, 0.4) is 0 Å². The second-order valence-electron chi connectivity index (χ2n) is 14.3. The normalized spacial score (nSPS) is 27.0. The van der Waals surface area contributed by atoms with E-state index in [2.05, 4.69) is 104 Å². The molecule has 5 atom stereocenters. The van der Waals surface area contributed by atoms with Crippen molar-refractivity contribution in [2.45, 2.75) is 109 Å². The van der Waals surface area contributed by atoms with Crippen molar-refractivity contribution in [1.29, 1.82) is 0 Å². The molecule has 5 unspecified atom stereocenters. The van der Waals surface area contributed by atoms with Gasteiger partial charge in [0.1, 0.15) is 0 Å². The molecule has 0 N–H and O–H groups in total. The second-order valence-corrected chi connectivity index (χ2v) is 22.0. The molecule has 0 nitrogen and oxygen atoms in total. The van der Waals surface area contributed by atoms with Crippen LogP contribution in [0.25, 0.3) is 21.9 Å². The van der Waals surface area contributed by atoms with E-state index in [0.717, 1.165) is 0 Å². The molecule has 43 heavy (non-hydrogen) atoms. The third kappa shape index (κ3) is 4.64. The molecule has 0 bridgehead atoms. The fourth-order valence-electron chi connectivity index (χ4n) is 9.84. The van der Waals surface area contributed by atoms with Crippen molar-refractivity contribution in [2.75, 3.05) is 0 Å². The smallest absolute Gasteiger partial charge is 1.00 e. The minimum Gasteiger partial charge on any atom is -1.00 e. The van der Waals surface area contributed by atoms with E-state index in [1.807, 2.05) is 12.1 Å². The number of halogens is 2. The number of rotatable bonds is 2.